The van der Waals surface area contributed by atoms with Crippen LogP contribution in [-0.2, 0) is 0 Å². The quantitative estimate of drug-likeness (QED) is 0.824. The first-order chi connectivity index (χ1) is 7.62. The summed E-state index contributed by atoms with van der Waals surface area (Å²) >= 11 is 0. The summed E-state index contributed by atoms with van der Waals surface area (Å²) < 4.78 is 5.43. The van der Waals surface area contributed by atoms with Crippen LogP contribution < -0.4 is 10.1 Å². The van der Waals surface area contributed by atoms with Gasteiger partial charge >= 0.3 is 0 Å². The molecule has 1 saturated heterocycles. The average molecular weight is 219 g/mol. The molecular weight excluding hydrogens is 198 g/mol. The molecule has 2 nitrogen and oxygen atoms in total. The third kappa shape index (κ3) is 2.38. The van der Waals surface area contributed by atoms with Crippen molar-refractivity contribution in [3.63, 3.8) is 0 Å². The molecule has 88 valence electrons. The maximum Gasteiger partial charge on any atom is 0.123 e. The lowest BCUT2D eigenvalue weighted by molar-refractivity contribution is 0.241. The normalized spacial score (nSPS) is 24.1. The summed E-state index contributed by atoms with van der Waals surface area (Å²) in [6.45, 7) is 4.54. The van der Waals surface area contributed by atoms with Crippen molar-refractivity contribution in [3.8, 4) is 5.75 Å². The summed E-state index contributed by atoms with van der Waals surface area (Å²) in [5.74, 6) is 0.998. The maximum absolute atomic E-state index is 5.43. The topological polar surface area (TPSA) is 21.3 Å². The Balaban J connectivity index is 2.23. The Morgan fingerprint density at radius 3 is 2.75 bits per heavy atom. The van der Waals surface area contributed by atoms with Crippen LogP contribution in [0, 0.1) is 0 Å². The van der Waals surface area contributed by atoms with Crippen LogP contribution in [0.5, 0.6) is 5.75 Å². The minimum atomic E-state index is 0.240. The molecule has 1 aromatic carbocycles. The van der Waals surface area contributed by atoms with Crippen LogP contribution >= 0.6 is 0 Å². The zero-order chi connectivity index (χ0) is 11.6. The summed E-state index contributed by atoms with van der Waals surface area (Å²) in [6, 6.07) is 8.74. The van der Waals surface area contributed by atoms with E-state index >= 15 is 0 Å². The number of ether oxygens (including phenoxy) is 1. The molecule has 1 unspecified atom stereocenters. The minimum Gasteiger partial charge on any atom is -0.496 e. The first-order valence-corrected chi connectivity index (χ1v) is 6.03. The molecule has 0 aliphatic carbocycles. The molecule has 0 radical (unpaired) electrons. The van der Waals surface area contributed by atoms with E-state index in [1.807, 2.05) is 12.1 Å². The Hall–Kier alpha value is -1.02. The molecule has 1 fully saturated rings. The molecule has 0 bridgehead atoms. The van der Waals surface area contributed by atoms with Gasteiger partial charge in [-0.2, -0.15) is 0 Å². The summed E-state index contributed by atoms with van der Waals surface area (Å²) in [5.41, 5.74) is 1.53. The SMILES string of the molecule is COc1ccccc1C1CCCC(C)(C)N1. The Morgan fingerprint density at radius 2 is 2.06 bits per heavy atom. The van der Waals surface area contributed by atoms with Crippen molar-refractivity contribution in [1.29, 1.82) is 0 Å². The van der Waals surface area contributed by atoms with Crippen LogP contribution in [0.2, 0.25) is 0 Å². The highest BCUT2D eigenvalue weighted by Gasteiger charge is 2.28. The number of hydrogen-bond donors (Lipinski definition) is 1. The minimum absolute atomic E-state index is 0.240. The van der Waals surface area contributed by atoms with Gasteiger partial charge in [0, 0.05) is 17.1 Å². The Kier molecular flexibility index (Phi) is 3.20. The fourth-order valence-corrected chi connectivity index (χ4v) is 2.55. The van der Waals surface area contributed by atoms with Crippen molar-refractivity contribution in [3.05, 3.63) is 29.8 Å². The lowest BCUT2D eigenvalue weighted by Crippen LogP contribution is -2.45. The summed E-state index contributed by atoms with van der Waals surface area (Å²) in [4.78, 5) is 0. The predicted octanol–water partition coefficient (Wildman–Crippen LogP) is 3.29. The van der Waals surface area contributed by atoms with E-state index in [0.717, 1.165) is 5.75 Å². The number of benzene rings is 1. The molecule has 0 amide bonds. The van der Waals surface area contributed by atoms with Crippen molar-refractivity contribution in [2.75, 3.05) is 7.11 Å². The number of nitrogens with one attached hydrogen (secondary N) is 1. The van der Waals surface area contributed by atoms with Gasteiger partial charge in [0.15, 0.2) is 0 Å². The smallest absolute Gasteiger partial charge is 0.123 e. The molecule has 1 aromatic rings. The van der Waals surface area contributed by atoms with Gasteiger partial charge in [0.2, 0.25) is 0 Å². The van der Waals surface area contributed by atoms with Crippen molar-refractivity contribution in [1.82, 2.24) is 5.32 Å². The number of para-hydroxylation sites is 1. The molecule has 2 heteroatoms. The van der Waals surface area contributed by atoms with Gasteiger partial charge in [0.25, 0.3) is 0 Å². The lowest BCUT2D eigenvalue weighted by atomic mass is 9.86. The molecule has 2 rings (SSSR count). The second-order valence-corrected chi connectivity index (χ2v) is 5.21. The second-order valence-electron chi connectivity index (χ2n) is 5.21. The van der Waals surface area contributed by atoms with Gasteiger partial charge in [-0.3, -0.25) is 0 Å². The van der Waals surface area contributed by atoms with Gasteiger partial charge in [-0.25, -0.2) is 0 Å². The van der Waals surface area contributed by atoms with E-state index in [-0.39, 0.29) is 5.54 Å². The number of piperidine rings is 1. The van der Waals surface area contributed by atoms with Gasteiger partial charge in [-0.1, -0.05) is 18.2 Å². The monoisotopic (exact) mass is 219 g/mol. The molecule has 1 heterocycles. The van der Waals surface area contributed by atoms with E-state index in [4.69, 9.17) is 4.74 Å². The van der Waals surface area contributed by atoms with Crippen molar-refractivity contribution >= 4 is 0 Å². The molecule has 1 atom stereocenters. The van der Waals surface area contributed by atoms with Crippen LogP contribution in [0.3, 0.4) is 0 Å². The van der Waals surface area contributed by atoms with Crippen LogP contribution in [0.4, 0.5) is 0 Å². The van der Waals surface area contributed by atoms with Crippen LogP contribution in [0.15, 0.2) is 24.3 Å². The molecule has 1 aliphatic rings. The Bertz CT molecular complexity index is 360. The van der Waals surface area contributed by atoms with Gasteiger partial charge in [-0.15, -0.1) is 0 Å². The van der Waals surface area contributed by atoms with E-state index in [2.05, 4.69) is 31.3 Å². The van der Waals surface area contributed by atoms with Crippen molar-refractivity contribution in [2.45, 2.75) is 44.7 Å². The second kappa shape index (κ2) is 4.46. The molecule has 0 saturated carbocycles. The van der Waals surface area contributed by atoms with E-state index in [1.165, 1.54) is 24.8 Å². The molecule has 0 spiro atoms. The standard InChI is InChI=1S/C14H21NO/c1-14(2)10-6-8-12(15-14)11-7-4-5-9-13(11)16-3/h4-5,7,9,12,15H,6,8,10H2,1-3H3. The van der Waals surface area contributed by atoms with Gasteiger partial charge in [0.05, 0.1) is 7.11 Å². The highest BCUT2D eigenvalue weighted by molar-refractivity contribution is 5.36. The number of methoxy groups -OCH3 is 1. The van der Waals surface area contributed by atoms with E-state index in [1.54, 1.807) is 7.11 Å². The molecule has 1 N–H and O–H groups in total. The summed E-state index contributed by atoms with van der Waals surface area (Å²) in [7, 11) is 1.74. The zero-order valence-electron chi connectivity index (χ0n) is 10.4. The molecule has 16 heavy (non-hydrogen) atoms. The van der Waals surface area contributed by atoms with Crippen LogP contribution in [0.1, 0.15) is 44.7 Å². The van der Waals surface area contributed by atoms with Gasteiger partial charge < -0.3 is 10.1 Å². The highest BCUT2D eigenvalue weighted by atomic mass is 16.5. The Morgan fingerprint density at radius 1 is 1.31 bits per heavy atom. The summed E-state index contributed by atoms with van der Waals surface area (Å²) in [5, 5.41) is 3.70. The van der Waals surface area contributed by atoms with Crippen LogP contribution in [0.25, 0.3) is 0 Å². The fourth-order valence-electron chi connectivity index (χ4n) is 2.55. The lowest BCUT2D eigenvalue weighted by Gasteiger charge is -2.37. The molecule has 0 aromatic heterocycles. The van der Waals surface area contributed by atoms with Crippen molar-refractivity contribution in [2.24, 2.45) is 0 Å². The van der Waals surface area contributed by atoms with Crippen molar-refractivity contribution < 1.29 is 4.74 Å². The molecular formula is C14H21NO. The Labute approximate surface area is 98.0 Å². The van der Waals surface area contributed by atoms with E-state index in [9.17, 15) is 0 Å². The van der Waals surface area contributed by atoms with Crippen LogP contribution in [-0.4, -0.2) is 12.6 Å². The average Bonchev–Trinajstić information content (AvgIpc) is 2.27. The first-order valence-electron chi connectivity index (χ1n) is 6.03. The molecule has 1 aliphatic heterocycles. The summed E-state index contributed by atoms with van der Waals surface area (Å²) in [6.07, 6.45) is 3.73. The van der Waals surface area contributed by atoms with E-state index in [0.29, 0.717) is 6.04 Å². The number of rotatable bonds is 2. The van der Waals surface area contributed by atoms with E-state index < -0.39 is 0 Å². The number of hydrogen-bond acceptors (Lipinski definition) is 2. The maximum atomic E-state index is 5.43. The third-order valence-corrected chi connectivity index (χ3v) is 3.37. The highest BCUT2D eigenvalue weighted by Crippen LogP contribution is 2.34. The first kappa shape index (κ1) is 11.5. The predicted molar refractivity (Wildman–Crippen MR) is 66.8 cm³/mol. The van der Waals surface area contributed by atoms with Gasteiger partial charge in [-0.05, 0) is 39.2 Å². The fraction of sp³-hybridized carbons (Fsp3) is 0.571. The zero-order valence-corrected chi connectivity index (χ0v) is 10.4. The third-order valence-electron chi connectivity index (χ3n) is 3.37. The largest absolute Gasteiger partial charge is 0.496 e. The van der Waals surface area contributed by atoms with Gasteiger partial charge in [0.1, 0.15) is 5.75 Å².